The van der Waals surface area contributed by atoms with Crippen LogP contribution >= 0.6 is 0 Å². The number of hydrogen-bond acceptors (Lipinski definition) is 1. The van der Waals surface area contributed by atoms with Crippen molar-refractivity contribution in [3.63, 3.8) is 0 Å². The number of alkyl halides is 3. The van der Waals surface area contributed by atoms with Crippen LogP contribution in [-0.2, 0) is 12.7 Å². The van der Waals surface area contributed by atoms with Crippen LogP contribution in [-0.4, -0.2) is 5.91 Å². The van der Waals surface area contributed by atoms with Crippen molar-refractivity contribution in [2.75, 3.05) is 0 Å². The topological polar surface area (TPSA) is 29.1 Å². The summed E-state index contributed by atoms with van der Waals surface area (Å²) < 4.78 is 64.8. The molecule has 7 heteroatoms. The van der Waals surface area contributed by atoms with Gasteiger partial charge in [0.2, 0.25) is 0 Å². The molecule has 0 unspecified atom stereocenters. The molecule has 0 saturated heterocycles. The summed E-state index contributed by atoms with van der Waals surface area (Å²) in [6, 6.07) is 6.98. The lowest BCUT2D eigenvalue weighted by molar-refractivity contribution is -0.138. The van der Waals surface area contributed by atoms with Crippen LogP contribution < -0.4 is 5.32 Å². The highest BCUT2D eigenvalue weighted by atomic mass is 19.4. The van der Waals surface area contributed by atoms with Crippen LogP contribution in [0.3, 0.4) is 0 Å². The molecular weight excluding hydrogens is 305 g/mol. The highest BCUT2D eigenvalue weighted by Crippen LogP contribution is 2.31. The predicted octanol–water partition coefficient (Wildman–Crippen LogP) is 3.91. The molecule has 0 heterocycles. The number of carbonyl (C=O) groups excluding carboxylic acids is 1. The molecule has 0 saturated carbocycles. The average Bonchev–Trinajstić information content (AvgIpc) is 2.46. The average molecular weight is 315 g/mol. The van der Waals surface area contributed by atoms with Gasteiger partial charge >= 0.3 is 6.18 Å². The Bertz CT molecular complexity index is 697. The van der Waals surface area contributed by atoms with E-state index in [1.807, 2.05) is 0 Å². The summed E-state index contributed by atoms with van der Waals surface area (Å²) in [6.07, 6.45) is -4.56. The van der Waals surface area contributed by atoms with E-state index in [1.165, 1.54) is 18.2 Å². The molecule has 0 aromatic heterocycles. The fourth-order valence-corrected chi connectivity index (χ4v) is 1.89. The Kier molecular flexibility index (Phi) is 4.44. The van der Waals surface area contributed by atoms with Gasteiger partial charge in [-0.3, -0.25) is 4.79 Å². The summed E-state index contributed by atoms with van der Waals surface area (Å²) in [4.78, 5) is 11.8. The fraction of sp³-hybridized carbons (Fsp3) is 0.133. The summed E-state index contributed by atoms with van der Waals surface area (Å²) in [5.74, 6) is -2.76. The van der Waals surface area contributed by atoms with Crippen molar-refractivity contribution in [2.24, 2.45) is 0 Å². The maximum Gasteiger partial charge on any atom is 0.416 e. The third kappa shape index (κ3) is 3.60. The lowest BCUT2D eigenvalue weighted by Crippen LogP contribution is -2.25. The SMILES string of the molecule is O=C(NCc1ccccc1C(F)(F)F)c1cc(F)ccc1F. The number of amides is 1. The van der Waals surface area contributed by atoms with Crippen molar-refractivity contribution in [3.8, 4) is 0 Å². The molecule has 0 spiro atoms. The van der Waals surface area contributed by atoms with Gasteiger partial charge in [0.25, 0.3) is 5.91 Å². The van der Waals surface area contributed by atoms with E-state index in [9.17, 15) is 26.7 Å². The zero-order chi connectivity index (χ0) is 16.3. The summed E-state index contributed by atoms with van der Waals surface area (Å²) in [5.41, 5.74) is -1.63. The fourth-order valence-electron chi connectivity index (χ4n) is 1.89. The number of halogens is 5. The Labute approximate surface area is 122 Å². The lowest BCUT2D eigenvalue weighted by Gasteiger charge is -2.13. The van der Waals surface area contributed by atoms with E-state index >= 15 is 0 Å². The highest BCUT2D eigenvalue weighted by Gasteiger charge is 2.32. The van der Waals surface area contributed by atoms with Gasteiger partial charge in [-0.05, 0) is 29.8 Å². The molecule has 0 aliphatic heterocycles. The quantitative estimate of drug-likeness (QED) is 0.855. The summed E-state index contributed by atoms with van der Waals surface area (Å²) >= 11 is 0. The van der Waals surface area contributed by atoms with Crippen molar-refractivity contribution in [1.82, 2.24) is 5.32 Å². The normalized spacial score (nSPS) is 11.3. The molecule has 2 aromatic carbocycles. The number of benzene rings is 2. The molecule has 116 valence electrons. The Morgan fingerprint density at radius 2 is 1.73 bits per heavy atom. The Morgan fingerprint density at radius 1 is 1.05 bits per heavy atom. The standard InChI is InChI=1S/C15H10F5NO/c16-10-5-6-13(17)11(7-10)14(22)21-8-9-3-1-2-4-12(9)15(18,19)20/h1-7H,8H2,(H,21,22). The van der Waals surface area contributed by atoms with Crippen LogP contribution in [0.15, 0.2) is 42.5 Å². The minimum atomic E-state index is -4.56. The van der Waals surface area contributed by atoms with E-state index in [-0.39, 0.29) is 5.56 Å². The van der Waals surface area contributed by atoms with Gasteiger partial charge in [-0.2, -0.15) is 13.2 Å². The first-order chi connectivity index (χ1) is 10.3. The van der Waals surface area contributed by atoms with Gasteiger partial charge in [0.05, 0.1) is 11.1 Å². The van der Waals surface area contributed by atoms with Gasteiger partial charge in [0.15, 0.2) is 0 Å². The van der Waals surface area contributed by atoms with Crippen molar-refractivity contribution < 1.29 is 26.7 Å². The highest BCUT2D eigenvalue weighted by molar-refractivity contribution is 5.94. The van der Waals surface area contributed by atoms with E-state index in [1.54, 1.807) is 0 Å². The first-order valence-electron chi connectivity index (χ1n) is 6.17. The van der Waals surface area contributed by atoms with E-state index in [0.717, 1.165) is 18.2 Å². The molecule has 2 nitrogen and oxygen atoms in total. The third-order valence-electron chi connectivity index (χ3n) is 2.94. The molecule has 0 radical (unpaired) electrons. The van der Waals surface area contributed by atoms with Crippen molar-refractivity contribution >= 4 is 5.91 Å². The Morgan fingerprint density at radius 3 is 2.41 bits per heavy atom. The first-order valence-corrected chi connectivity index (χ1v) is 6.17. The molecule has 0 fully saturated rings. The van der Waals surface area contributed by atoms with E-state index in [2.05, 4.69) is 5.32 Å². The van der Waals surface area contributed by atoms with Crippen LogP contribution in [0.2, 0.25) is 0 Å². The molecule has 0 atom stereocenters. The maximum absolute atomic E-state index is 13.4. The van der Waals surface area contributed by atoms with Gasteiger partial charge in [-0.25, -0.2) is 8.78 Å². The monoisotopic (exact) mass is 315 g/mol. The van der Waals surface area contributed by atoms with Crippen molar-refractivity contribution in [2.45, 2.75) is 12.7 Å². The number of carbonyl (C=O) groups is 1. The molecule has 2 rings (SSSR count). The second-order valence-electron chi connectivity index (χ2n) is 4.46. The third-order valence-corrected chi connectivity index (χ3v) is 2.94. The molecule has 2 aromatic rings. The van der Waals surface area contributed by atoms with Gasteiger partial charge < -0.3 is 5.32 Å². The minimum Gasteiger partial charge on any atom is -0.348 e. The van der Waals surface area contributed by atoms with Crippen LogP contribution in [0.1, 0.15) is 21.5 Å². The second kappa shape index (κ2) is 6.13. The molecule has 0 bridgehead atoms. The number of nitrogens with one attached hydrogen (secondary N) is 1. The van der Waals surface area contributed by atoms with Gasteiger partial charge in [-0.1, -0.05) is 18.2 Å². The van der Waals surface area contributed by atoms with Crippen LogP contribution in [0, 0.1) is 11.6 Å². The molecule has 1 N–H and O–H groups in total. The second-order valence-corrected chi connectivity index (χ2v) is 4.46. The van der Waals surface area contributed by atoms with E-state index in [0.29, 0.717) is 6.07 Å². The molecule has 0 aliphatic rings. The summed E-state index contributed by atoms with van der Waals surface area (Å²) in [7, 11) is 0. The van der Waals surface area contributed by atoms with Crippen molar-refractivity contribution in [1.29, 1.82) is 0 Å². The molecule has 0 aliphatic carbocycles. The Balaban J connectivity index is 2.17. The lowest BCUT2D eigenvalue weighted by atomic mass is 10.1. The number of hydrogen-bond donors (Lipinski definition) is 1. The van der Waals surface area contributed by atoms with Crippen molar-refractivity contribution in [3.05, 3.63) is 70.8 Å². The largest absolute Gasteiger partial charge is 0.416 e. The van der Waals surface area contributed by atoms with E-state index < -0.39 is 41.4 Å². The summed E-state index contributed by atoms with van der Waals surface area (Å²) in [6.45, 7) is -0.454. The van der Waals surface area contributed by atoms with E-state index in [4.69, 9.17) is 0 Å². The Hall–Kier alpha value is -2.44. The zero-order valence-corrected chi connectivity index (χ0v) is 11.0. The summed E-state index contributed by atoms with van der Waals surface area (Å²) in [5, 5.41) is 2.15. The maximum atomic E-state index is 13.4. The van der Waals surface area contributed by atoms with Gasteiger partial charge in [0, 0.05) is 6.54 Å². The number of rotatable bonds is 3. The molecule has 22 heavy (non-hydrogen) atoms. The van der Waals surface area contributed by atoms with Crippen LogP contribution in [0.5, 0.6) is 0 Å². The molecule has 1 amide bonds. The predicted molar refractivity (Wildman–Crippen MR) is 69.0 cm³/mol. The first kappa shape index (κ1) is 15.9. The molecular formula is C15H10F5NO. The van der Waals surface area contributed by atoms with Crippen LogP contribution in [0.25, 0.3) is 0 Å². The van der Waals surface area contributed by atoms with Crippen LogP contribution in [0.4, 0.5) is 22.0 Å². The van der Waals surface area contributed by atoms with Gasteiger partial charge in [-0.15, -0.1) is 0 Å². The minimum absolute atomic E-state index is 0.167. The van der Waals surface area contributed by atoms with Gasteiger partial charge in [0.1, 0.15) is 11.6 Å². The smallest absolute Gasteiger partial charge is 0.348 e. The zero-order valence-electron chi connectivity index (χ0n) is 11.0.